The van der Waals surface area contributed by atoms with Gasteiger partial charge < -0.3 is 0 Å². The van der Waals surface area contributed by atoms with Crippen LogP contribution in [0.25, 0.3) is 0 Å². The summed E-state index contributed by atoms with van der Waals surface area (Å²) in [5.41, 5.74) is 0. The molecule has 0 spiro atoms. The number of aromatic nitrogens is 1. The monoisotopic (exact) mass is 172 g/mol. The van der Waals surface area contributed by atoms with Gasteiger partial charge in [0.1, 0.15) is 0 Å². The third-order valence-corrected chi connectivity index (χ3v) is 2.51. The van der Waals surface area contributed by atoms with Crippen LogP contribution >= 0.6 is 0 Å². The molecule has 0 unspecified atom stereocenters. The van der Waals surface area contributed by atoms with Crippen LogP contribution in [0.3, 0.4) is 0 Å². The summed E-state index contributed by atoms with van der Waals surface area (Å²) in [6, 6.07) is 4.72. The second-order valence-corrected chi connectivity index (χ2v) is 3.71. The maximum Gasteiger partial charge on any atom is 0.257 e. The van der Waals surface area contributed by atoms with Crippen molar-refractivity contribution in [1.82, 2.24) is 9.71 Å². The zero-order valence-corrected chi connectivity index (χ0v) is 6.80. The molecule has 0 saturated carbocycles. The molecule has 4 nitrogen and oxygen atoms in total. The van der Waals surface area contributed by atoms with E-state index in [1.807, 2.05) is 0 Å². The number of nitrogens with one attached hydrogen (secondary N) is 1. The molecule has 1 N–H and O–H groups in total. The van der Waals surface area contributed by atoms with Crippen molar-refractivity contribution in [3.05, 3.63) is 24.4 Å². The molecule has 60 valence electrons. The van der Waals surface area contributed by atoms with E-state index in [1.54, 1.807) is 12.1 Å². The number of pyridine rings is 1. The van der Waals surface area contributed by atoms with Crippen molar-refractivity contribution in [3.63, 3.8) is 0 Å². The Bertz CT molecular complexity index is 320. The lowest BCUT2D eigenvalue weighted by Gasteiger charge is -1.98. The Hall–Kier alpha value is -0.940. The second-order valence-electron chi connectivity index (χ2n) is 1.88. The van der Waals surface area contributed by atoms with Gasteiger partial charge in [0, 0.05) is 6.20 Å². The van der Waals surface area contributed by atoms with Gasteiger partial charge in [0.15, 0.2) is 5.03 Å². The quantitative estimate of drug-likeness (QED) is 0.682. The molecule has 1 aromatic rings. The molecule has 0 aliphatic carbocycles. The predicted octanol–water partition coefficient (Wildman–Crippen LogP) is -0.0103. The van der Waals surface area contributed by atoms with E-state index in [4.69, 9.17) is 0 Å². The molecular formula is C6H8N2O2S. The Balaban J connectivity index is 3.14. The molecule has 1 aromatic heterocycles. The van der Waals surface area contributed by atoms with E-state index in [0.717, 1.165) is 0 Å². The summed E-state index contributed by atoms with van der Waals surface area (Å²) in [4.78, 5) is 3.67. The van der Waals surface area contributed by atoms with Crippen LogP contribution in [0.4, 0.5) is 0 Å². The zero-order valence-electron chi connectivity index (χ0n) is 5.98. The first-order chi connectivity index (χ1) is 5.17. The molecule has 0 fully saturated rings. The van der Waals surface area contributed by atoms with Gasteiger partial charge in [0.05, 0.1) is 0 Å². The molecule has 0 atom stereocenters. The van der Waals surface area contributed by atoms with Crippen LogP contribution in [-0.2, 0) is 10.0 Å². The van der Waals surface area contributed by atoms with E-state index >= 15 is 0 Å². The van der Waals surface area contributed by atoms with Crippen molar-refractivity contribution in [2.75, 3.05) is 7.05 Å². The van der Waals surface area contributed by atoms with Gasteiger partial charge in [-0.25, -0.2) is 18.1 Å². The van der Waals surface area contributed by atoms with Crippen molar-refractivity contribution >= 4 is 10.0 Å². The highest BCUT2D eigenvalue weighted by molar-refractivity contribution is 7.89. The van der Waals surface area contributed by atoms with Gasteiger partial charge >= 0.3 is 0 Å². The predicted molar refractivity (Wildman–Crippen MR) is 40.5 cm³/mol. The smallest absolute Gasteiger partial charge is 0.243 e. The molecule has 1 rings (SSSR count). The molecule has 0 radical (unpaired) electrons. The maximum absolute atomic E-state index is 11.0. The molecule has 0 amide bonds. The highest BCUT2D eigenvalue weighted by Gasteiger charge is 2.10. The van der Waals surface area contributed by atoms with Crippen LogP contribution < -0.4 is 4.72 Å². The van der Waals surface area contributed by atoms with Crippen LogP contribution in [0.2, 0.25) is 0 Å². The lowest BCUT2D eigenvalue weighted by Crippen LogP contribution is -2.19. The van der Waals surface area contributed by atoms with Crippen LogP contribution in [0.1, 0.15) is 0 Å². The number of hydrogen-bond acceptors (Lipinski definition) is 3. The van der Waals surface area contributed by atoms with E-state index in [1.165, 1.54) is 19.3 Å². The lowest BCUT2D eigenvalue weighted by atomic mass is 10.5. The molecule has 0 bridgehead atoms. The largest absolute Gasteiger partial charge is 0.257 e. The zero-order chi connectivity index (χ0) is 8.32. The van der Waals surface area contributed by atoms with Crippen molar-refractivity contribution < 1.29 is 8.42 Å². The SMILES string of the molecule is CNS(=O)(=O)c1ccccn1. The third-order valence-electron chi connectivity index (χ3n) is 1.18. The Morgan fingerprint density at radius 1 is 1.45 bits per heavy atom. The second kappa shape index (κ2) is 2.98. The summed E-state index contributed by atoms with van der Waals surface area (Å²) in [7, 11) is -2.01. The summed E-state index contributed by atoms with van der Waals surface area (Å²) in [6.45, 7) is 0. The van der Waals surface area contributed by atoms with Gasteiger partial charge in [-0.1, -0.05) is 6.07 Å². The summed E-state index contributed by atoms with van der Waals surface area (Å²) in [5.74, 6) is 0. The number of nitrogens with zero attached hydrogens (tertiary/aromatic N) is 1. The summed E-state index contributed by atoms with van der Waals surface area (Å²) in [5, 5.41) is 0.0440. The van der Waals surface area contributed by atoms with Crippen LogP contribution in [-0.4, -0.2) is 20.4 Å². The lowest BCUT2D eigenvalue weighted by molar-refractivity contribution is 0.584. The topological polar surface area (TPSA) is 59.1 Å². The van der Waals surface area contributed by atoms with Gasteiger partial charge in [-0.3, -0.25) is 0 Å². The molecule has 1 heterocycles. The highest BCUT2D eigenvalue weighted by Crippen LogP contribution is 2.00. The van der Waals surface area contributed by atoms with E-state index < -0.39 is 10.0 Å². The third kappa shape index (κ3) is 1.75. The van der Waals surface area contributed by atoms with Gasteiger partial charge in [-0.15, -0.1) is 0 Å². The van der Waals surface area contributed by atoms with Crippen LogP contribution in [0.15, 0.2) is 29.4 Å². The normalized spacial score (nSPS) is 11.4. The van der Waals surface area contributed by atoms with Crippen LogP contribution in [0.5, 0.6) is 0 Å². The summed E-state index contributed by atoms with van der Waals surface area (Å²) in [6.07, 6.45) is 1.43. The number of rotatable bonds is 2. The van der Waals surface area contributed by atoms with Gasteiger partial charge in [-0.2, -0.15) is 0 Å². The van der Waals surface area contributed by atoms with Crippen LogP contribution in [0, 0.1) is 0 Å². The van der Waals surface area contributed by atoms with Crippen molar-refractivity contribution in [2.45, 2.75) is 5.03 Å². The minimum Gasteiger partial charge on any atom is -0.243 e. The fraction of sp³-hybridized carbons (Fsp3) is 0.167. The van der Waals surface area contributed by atoms with E-state index in [9.17, 15) is 8.42 Å². The summed E-state index contributed by atoms with van der Waals surface area (Å²) >= 11 is 0. The average Bonchev–Trinajstić information content (AvgIpc) is 2.06. The molecule has 11 heavy (non-hydrogen) atoms. The first-order valence-electron chi connectivity index (χ1n) is 3.01. The molecular weight excluding hydrogens is 164 g/mol. The fourth-order valence-corrected chi connectivity index (χ4v) is 1.28. The van der Waals surface area contributed by atoms with Gasteiger partial charge in [0.25, 0.3) is 10.0 Å². The molecule has 5 heteroatoms. The van der Waals surface area contributed by atoms with Crippen molar-refractivity contribution in [2.24, 2.45) is 0 Å². The Labute approximate surface area is 65.3 Å². The fourth-order valence-electron chi connectivity index (χ4n) is 0.611. The average molecular weight is 172 g/mol. The molecule has 0 aliphatic heterocycles. The standard InChI is InChI=1S/C6H8N2O2S/c1-7-11(9,10)6-4-2-3-5-8-6/h2-5,7H,1H3. The molecule has 0 aromatic carbocycles. The Morgan fingerprint density at radius 2 is 2.18 bits per heavy atom. The van der Waals surface area contributed by atoms with Gasteiger partial charge in [-0.05, 0) is 19.2 Å². The molecule has 0 aliphatic rings. The summed E-state index contributed by atoms with van der Waals surface area (Å²) < 4.78 is 24.2. The minimum absolute atomic E-state index is 0.0440. The maximum atomic E-state index is 11.0. The number of hydrogen-bond donors (Lipinski definition) is 1. The Morgan fingerprint density at radius 3 is 2.64 bits per heavy atom. The van der Waals surface area contributed by atoms with Crippen molar-refractivity contribution in [3.8, 4) is 0 Å². The molecule has 0 saturated heterocycles. The Kier molecular flexibility index (Phi) is 2.21. The van der Waals surface area contributed by atoms with Crippen molar-refractivity contribution in [1.29, 1.82) is 0 Å². The first-order valence-corrected chi connectivity index (χ1v) is 4.50. The first kappa shape index (κ1) is 8.16. The van der Waals surface area contributed by atoms with E-state index in [0.29, 0.717) is 0 Å². The number of sulfonamides is 1. The van der Waals surface area contributed by atoms with Gasteiger partial charge in [0.2, 0.25) is 0 Å². The minimum atomic E-state index is -3.36. The van der Waals surface area contributed by atoms with E-state index in [-0.39, 0.29) is 5.03 Å². The van der Waals surface area contributed by atoms with E-state index in [2.05, 4.69) is 9.71 Å². The highest BCUT2D eigenvalue weighted by atomic mass is 32.2.